The molecule has 0 heterocycles. The number of anilines is 1. The maximum atomic E-state index is 13.0. The molecule has 0 radical (unpaired) electrons. The zero-order valence-corrected chi connectivity index (χ0v) is 7.15. The van der Waals surface area contributed by atoms with Crippen LogP contribution < -0.4 is 5.73 Å². The van der Waals surface area contributed by atoms with Crippen molar-refractivity contribution >= 4 is 23.1 Å². The molecule has 0 amide bonds. The average Bonchev–Trinajstić information content (AvgIpc) is 1.82. The number of carbonyl (C=O) groups excluding carboxylic acids is 1. The minimum Gasteiger partial charge on any atom is -0.398 e. The van der Waals surface area contributed by atoms with Crippen molar-refractivity contribution in [3.63, 3.8) is 0 Å². The number of ketones is 1. The van der Waals surface area contributed by atoms with Crippen LogP contribution in [0.15, 0.2) is 12.1 Å². The minimum absolute atomic E-state index is 0.0764. The topological polar surface area (TPSA) is 43.1 Å². The Morgan fingerprint density at radius 2 is 2.17 bits per heavy atom. The van der Waals surface area contributed by atoms with Crippen molar-refractivity contribution in [1.82, 2.24) is 0 Å². The van der Waals surface area contributed by atoms with Gasteiger partial charge in [-0.3, -0.25) is 4.79 Å². The highest BCUT2D eigenvalue weighted by Gasteiger charge is 2.11. The number of carbonyl (C=O) groups is 1. The summed E-state index contributed by atoms with van der Waals surface area (Å²) in [5.41, 5.74) is 5.36. The number of benzene rings is 1. The van der Waals surface area contributed by atoms with Gasteiger partial charge in [-0.15, -0.1) is 0 Å². The number of hydrogen-bond donors (Lipinski definition) is 1. The lowest BCUT2D eigenvalue weighted by molar-refractivity contribution is 0.101. The molecule has 0 fully saturated rings. The normalized spacial score (nSPS) is 9.92. The van der Waals surface area contributed by atoms with Gasteiger partial charge in [0.25, 0.3) is 0 Å². The highest BCUT2D eigenvalue weighted by atomic mass is 35.5. The fraction of sp³-hybridized carbons (Fsp3) is 0.125. The number of hydrogen-bond acceptors (Lipinski definition) is 2. The lowest BCUT2D eigenvalue weighted by atomic mass is 10.1. The Bertz CT molecular complexity index is 315. The van der Waals surface area contributed by atoms with Crippen LogP contribution >= 0.6 is 11.6 Å². The van der Waals surface area contributed by atoms with E-state index in [1.165, 1.54) is 13.0 Å². The zero-order chi connectivity index (χ0) is 9.30. The first-order valence-electron chi connectivity index (χ1n) is 3.28. The molecular formula is C8H7ClFNO. The molecular weight excluding hydrogens is 181 g/mol. The fourth-order valence-electron chi connectivity index (χ4n) is 0.965. The number of halogens is 2. The second-order valence-corrected chi connectivity index (χ2v) is 2.84. The van der Waals surface area contributed by atoms with Crippen LogP contribution in [0.25, 0.3) is 0 Å². The van der Waals surface area contributed by atoms with Crippen LogP contribution in [0.3, 0.4) is 0 Å². The Kier molecular flexibility index (Phi) is 2.33. The smallest absolute Gasteiger partial charge is 0.164 e. The quantitative estimate of drug-likeness (QED) is 0.541. The molecule has 64 valence electrons. The summed E-state index contributed by atoms with van der Waals surface area (Å²) < 4.78 is 13.0. The lowest BCUT2D eigenvalue weighted by Gasteiger charge is -2.03. The van der Waals surface area contributed by atoms with Crippen LogP contribution in [0, 0.1) is 5.82 Å². The molecule has 0 bridgehead atoms. The predicted octanol–water partition coefficient (Wildman–Crippen LogP) is 2.26. The molecule has 0 saturated carbocycles. The molecule has 0 aliphatic heterocycles. The number of nitrogens with two attached hydrogens (primary N) is 1. The summed E-state index contributed by atoms with van der Waals surface area (Å²) in [5.74, 6) is -1.07. The lowest BCUT2D eigenvalue weighted by Crippen LogP contribution is -2.02. The third-order valence-electron chi connectivity index (χ3n) is 1.44. The van der Waals surface area contributed by atoms with Crippen molar-refractivity contribution in [2.75, 3.05) is 5.73 Å². The van der Waals surface area contributed by atoms with E-state index in [4.69, 9.17) is 17.3 Å². The van der Waals surface area contributed by atoms with Crippen LogP contribution in [0.1, 0.15) is 17.3 Å². The number of Topliss-reactive ketones (excluding diaryl/α,β-unsaturated/α-hetero) is 1. The summed E-state index contributed by atoms with van der Waals surface area (Å²) in [6.45, 7) is 1.25. The summed E-state index contributed by atoms with van der Waals surface area (Å²) >= 11 is 5.50. The van der Waals surface area contributed by atoms with Gasteiger partial charge in [-0.05, 0) is 19.1 Å². The molecule has 1 rings (SSSR count). The molecule has 1 aromatic carbocycles. The van der Waals surface area contributed by atoms with Gasteiger partial charge in [-0.1, -0.05) is 11.6 Å². The highest BCUT2D eigenvalue weighted by molar-refractivity contribution is 6.31. The summed E-state index contributed by atoms with van der Waals surface area (Å²) in [6.07, 6.45) is 0. The first-order valence-corrected chi connectivity index (χ1v) is 3.65. The molecule has 0 atom stereocenters. The minimum atomic E-state index is -0.674. The SMILES string of the molecule is CC(=O)c1c(N)cc(Cl)cc1F. The van der Waals surface area contributed by atoms with Gasteiger partial charge < -0.3 is 5.73 Å². The van der Waals surface area contributed by atoms with Gasteiger partial charge >= 0.3 is 0 Å². The summed E-state index contributed by atoms with van der Waals surface area (Å²) in [5, 5.41) is 0.190. The molecule has 0 aliphatic carbocycles. The molecule has 0 aliphatic rings. The zero-order valence-electron chi connectivity index (χ0n) is 6.40. The van der Waals surface area contributed by atoms with Crippen molar-refractivity contribution in [3.8, 4) is 0 Å². The molecule has 2 nitrogen and oxygen atoms in total. The van der Waals surface area contributed by atoms with Crippen LogP contribution in [0.4, 0.5) is 10.1 Å². The summed E-state index contributed by atoms with van der Waals surface area (Å²) in [7, 11) is 0. The van der Waals surface area contributed by atoms with Gasteiger partial charge in [0, 0.05) is 10.7 Å². The Morgan fingerprint density at radius 3 is 2.58 bits per heavy atom. The van der Waals surface area contributed by atoms with Crippen LogP contribution in [0.5, 0.6) is 0 Å². The first kappa shape index (κ1) is 9.00. The monoisotopic (exact) mass is 187 g/mol. The predicted molar refractivity (Wildman–Crippen MR) is 45.8 cm³/mol. The Labute approximate surface area is 74.1 Å². The highest BCUT2D eigenvalue weighted by Crippen LogP contribution is 2.22. The van der Waals surface area contributed by atoms with E-state index in [9.17, 15) is 9.18 Å². The van der Waals surface area contributed by atoms with Crippen molar-refractivity contribution in [1.29, 1.82) is 0 Å². The molecule has 0 aromatic heterocycles. The number of rotatable bonds is 1. The standard InChI is InChI=1S/C8H7ClFNO/c1-4(12)8-6(10)2-5(9)3-7(8)11/h2-3H,11H2,1H3. The fourth-order valence-corrected chi connectivity index (χ4v) is 1.18. The molecule has 12 heavy (non-hydrogen) atoms. The van der Waals surface area contributed by atoms with E-state index in [-0.39, 0.29) is 16.3 Å². The molecule has 0 spiro atoms. The third-order valence-corrected chi connectivity index (χ3v) is 1.66. The summed E-state index contributed by atoms with van der Waals surface area (Å²) in [4.78, 5) is 10.8. The van der Waals surface area contributed by atoms with Crippen LogP contribution in [-0.4, -0.2) is 5.78 Å². The van der Waals surface area contributed by atoms with Gasteiger partial charge in [0.1, 0.15) is 5.82 Å². The second kappa shape index (κ2) is 3.11. The van der Waals surface area contributed by atoms with E-state index >= 15 is 0 Å². The average molecular weight is 188 g/mol. The maximum Gasteiger partial charge on any atom is 0.164 e. The maximum absolute atomic E-state index is 13.0. The van der Waals surface area contributed by atoms with Crippen molar-refractivity contribution < 1.29 is 9.18 Å². The molecule has 2 N–H and O–H groups in total. The first-order chi connectivity index (χ1) is 5.52. The molecule has 1 aromatic rings. The van der Waals surface area contributed by atoms with E-state index in [2.05, 4.69) is 0 Å². The second-order valence-electron chi connectivity index (χ2n) is 2.41. The summed E-state index contributed by atoms with van der Waals surface area (Å²) in [6, 6.07) is 2.41. The van der Waals surface area contributed by atoms with Crippen molar-refractivity contribution in [3.05, 3.63) is 28.5 Å². The van der Waals surface area contributed by atoms with Gasteiger partial charge in [0.2, 0.25) is 0 Å². The molecule has 4 heteroatoms. The Hall–Kier alpha value is -1.09. The van der Waals surface area contributed by atoms with Crippen LogP contribution in [0.2, 0.25) is 5.02 Å². The largest absolute Gasteiger partial charge is 0.398 e. The van der Waals surface area contributed by atoms with Gasteiger partial charge in [-0.2, -0.15) is 0 Å². The van der Waals surface area contributed by atoms with Crippen LogP contribution in [-0.2, 0) is 0 Å². The van der Waals surface area contributed by atoms with Crippen molar-refractivity contribution in [2.24, 2.45) is 0 Å². The van der Waals surface area contributed by atoms with E-state index in [0.29, 0.717) is 0 Å². The van der Waals surface area contributed by atoms with E-state index in [1.807, 2.05) is 0 Å². The molecule has 0 unspecified atom stereocenters. The number of nitrogen functional groups attached to an aromatic ring is 1. The van der Waals surface area contributed by atoms with E-state index < -0.39 is 11.6 Å². The Balaban J connectivity index is 3.38. The van der Waals surface area contributed by atoms with E-state index in [0.717, 1.165) is 6.07 Å². The third kappa shape index (κ3) is 1.56. The Morgan fingerprint density at radius 1 is 1.58 bits per heavy atom. The molecule has 0 saturated heterocycles. The van der Waals surface area contributed by atoms with Gasteiger partial charge in [-0.25, -0.2) is 4.39 Å². The van der Waals surface area contributed by atoms with Gasteiger partial charge in [0.05, 0.1) is 5.56 Å². The van der Waals surface area contributed by atoms with Gasteiger partial charge in [0.15, 0.2) is 5.78 Å². The van der Waals surface area contributed by atoms with Crippen molar-refractivity contribution in [2.45, 2.75) is 6.92 Å². The van der Waals surface area contributed by atoms with E-state index in [1.54, 1.807) is 0 Å².